The van der Waals surface area contributed by atoms with Crippen LogP contribution < -0.4 is 0 Å². The van der Waals surface area contributed by atoms with Gasteiger partial charge in [-0.15, -0.1) is 0 Å². The Kier molecular flexibility index (Phi) is 9.29. The molecule has 0 aromatic heterocycles. The molecule has 1 amide bonds. The van der Waals surface area contributed by atoms with E-state index in [1.54, 1.807) is 4.90 Å². The fourth-order valence-electron chi connectivity index (χ4n) is 4.91. The summed E-state index contributed by atoms with van der Waals surface area (Å²) in [5, 5.41) is 20.7. The van der Waals surface area contributed by atoms with Crippen LogP contribution in [0.15, 0.2) is 30.3 Å². The summed E-state index contributed by atoms with van der Waals surface area (Å²) >= 11 is 0. The molecule has 2 N–H and O–H groups in total. The highest BCUT2D eigenvalue weighted by Gasteiger charge is 2.42. The van der Waals surface area contributed by atoms with Crippen molar-refractivity contribution in [3.05, 3.63) is 35.9 Å². The number of carbonyl (C=O) groups excluding carboxylic acids is 2. The van der Waals surface area contributed by atoms with E-state index in [0.29, 0.717) is 32.4 Å². The van der Waals surface area contributed by atoms with E-state index in [1.807, 2.05) is 32.0 Å². The Morgan fingerprint density at radius 1 is 1.03 bits per heavy atom. The first-order valence-electron chi connectivity index (χ1n) is 12.4. The molecule has 184 valence electrons. The number of ether oxygens (including phenoxy) is 1. The third kappa shape index (κ3) is 7.01. The summed E-state index contributed by atoms with van der Waals surface area (Å²) < 4.78 is 5.55. The standard InChI is InChI=1S/C26H40N2O5/c1-20(2)24(31)28-14-7-6-11-26(25(32)33-19-23(30)22(29)10-15-28)12-16-27(17-13-26)18-21-8-4-3-5-9-21/h3-5,8-9,20,22-23,29-30H,6-7,10-19H2,1-2H3/t22-,23+/m0/s1. The third-order valence-electron chi connectivity index (χ3n) is 7.16. The van der Waals surface area contributed by atoms with E-state index in [4.69, 9.17) is 4.74 Å². The maximum atomic E-state index is 13.2. The van der Waals surface area contributed by atoms with Gasteiger partial charge in [-0.25, -0.2) is 0 Å². The molecule has 1 aromatic rings. The molecule has 2 fully saturated rings. The van der Waals surface area contributed by atoms with Crippen LogP contribution in [0, 0.1) is 11.3 Å². The van der Waals surface area contributed by atoms with Crippen LogP contribution in [0.2, 0.25) is 0 Å². The summed E-state index contributed by atoms with van der Waals surface area (Å²) in [5.41, 5.74) is 0.691. The number of hydrogen-bond acceptors (Lipinski definition) is 6. The summed E-state index contributed by atoms with van der Waals surface area (Å²) in [6.07, 6.45) is 1.86. The van der Waals surface area contributed by atoms with Crippen LogP contribution >= 0.6 is 0 Å². The Balaban J connectivity index is 1.66. The van der Waals surface area contributed by atoms with Crippen molar-refractivity contribution >= 4 is 11.9 Å². The normalized spacial score (nSPS) is 25.7. The van der Waals surface area contributed by atoms with Gasteiger partial charge in [0, 0.05) is 25.6 Å². The van der Waals surface area contributed by atoms with Crippen LogP contribution in [0.5, 0.6) is 0 Å². The summed E-state index contributed by atoms with van der Waals surface area (Å²) in [6.45, 7) is 7.02. The zero-order valence-corrected chi connectivity index (χ0v) is 20.1. The Bertz CT molecular complexity index is 761. The van der Waals surface area contributed by atoms with Crippen LogP contribution in [0.1, 0.15) is 57.9 Å². The maximum absolute atomic E-state index is 13.2. The van der Waals surface area contributed by atoms with Crippen molar-refractivity contribution in [2.45, 2.75) is 71.1 Å². The van der Waals surface area contributed by atoms with Crippen molar-refractivity contribution in [3.63, 3.8) is 0 Å². The topological polar surface area (TPSA) is 90.3 Å². The van der Waals surface area contributed by atoms with Crippen molar-refractivity contribution in [2.75, 3.05) is 32.8 Å². The van der Waals surface area contributed by atoms with E-state index < -0.39 is 17.6 Å². The summed E-state index contributed by atoms with van der Waals surface area (Å²) in [5.74, 6) is -0.321. The minimum Gasteiger partial charge on any atom is -0.462 e. The molecular weight excluding hydrogens is 420 g/mol. The molecule has 0 aliphatic carbocycles. The van der Waals surface area contributed by atoms with Gasteiger partial charge in [0.1, 0.15) is 12.7 Å². The van der Waals surface area contributed by atoms with Gasteiger partial charge in [0.25, 0.3) is 0 Å². The molecule has 7 heteroatoms. The van der Waals surface area contributed by atoms with Crippen LogP contribution in [0.4, 0.5) is 0 Å². The number of amides is 1. The molecule has 1 aromatic carbocycles. The number of cyclic esters (lactones) is 1. The van der Waals surface area contributed by atoms with Gasteiger partial charge in [-0.3, -0.25) is 14.5 Å². The predicted octanol–water partition coefficient (Wildman–Crippen LogP) is 2.59. The second kappa shape index (κ2) is 12.0. The molecule has 0 unspecified atom stereocenters. The molecular formula is C26H40N2O5. The molecule has 1 spiro atoms. The smallest absolute Gasteiger partial charge is 0.312 e. The summed E-state index contributed by atoms with van der Waals surface area (Å²) in [6, 6.07) is 10.3. The Labute approximate surface area is 197 Å². The van der Waals surface area contributed by atoms with Gasteiger partial charge in [-0.05, 0) is 50.8 Å². The highest BCUT2D eigenvalue weighted by molar-refractivity contribution is 5.78. The first-order chi connectivity index (χ1) is 15.8. The molecule has 2 saturated heterocycles. The van der Waals surface area contributed by atoms with E-state index in [-0.39, 0.29) is 30.8 Å². The molecule has 0 saturated carbocycles. The van der Waals surface area contributed by atoms with E-state index in [1.165, 1.54) is 5.56 Å². The number of esters is 1. The lowest BCUT2D eigenvalue weighted by Gasteiger charge is -2.40. The zero-order chi connectivity index (χ0) is 23.8. The molecule has 33 heavy (non-hydrogen) atoms. The Hall–Kier alpha value is -1.96. The average Bonchev–Trinajstić information content (AvgIpc) is 2.83. The summed E-state index contributed by atoms with van der Waals surface area (Å²) in [4.78, 5) is 29.9. The quantitative estimate of drug-likeness (QED) is 0.674. The average molecular weight is 461 g/mol. The van der Waals surface area contributed by atoms with Gasteiger partial charge >= 0.3 is 5.97 Å². The first kappa shape index (κ1) is 25.7. The maximum Gasteiger partial charge on any atom is 0.312 e. The second-order valence-electron chi connectivity index (χ2n) is 10.0. The van der Waals surface area contributed by atoms with Gasteiger partial charge in [0.05, 0.1) is 11.5 Å². The molecule has 3 rings (SSSR count). The van der Waals surface area contributed by atoms with Crippen molar-refractivity contribution in [3.8, 4) is 0 Å². The lowest BCUT2D eigenvalue weighted by atomic mass is 9.74. The van der Waals surface area contributed by atoms with Crippen molar-refractivity contribution in [1.82, 2.24) is 9.80 Å². The number of benzene rings is 1. The monoisotopic (exact) mass is 460 g/mol. The molecule has 2 aliphatic rings. The largest absolute Gasteiger partial charge is 0.462 e. The second-order valence-corrected chi connectivity index (χ2v) is 10.0. The molecule has 7 nitrogen and oxygen atoms in total. The lowest BCUT2D eigenvalue weighted by Crippen LogP contribution is -2.45. The lowest BCUT2D eigenvalue weighted by molar-refractivity contribution is -0.165. The van der Waals surface area contributed by atoms with Crippen LogP contribution in [-0.2, 0) is 20.9 Å². The van der Waals surface area contributed by atoms with Crippen molar-refractivity contribution < 1.29 is 24.5 Å². The Morgan fingerprint density at radius 2 is 1.73 bits per heavy atom. The molecule has 0 radical (unpaired) electrons. The molecule has 0 bridgehead atoms. The third-order valence-corrected chi connectivity index (χ3v) is 7.16. The summed E-state index contributed by atoms with van der Waals surface area (Å²) in [7, 11) is 0. The van der Waals surface area contributed by atoms with Crippen molar-refractivity contribution in [2.24, 2.45) is 11.3 Å². The van der Waals surface area contributed by atoms with Crippen LogP contribution in [0.3, 0.4) is 0 Å². The van der Waals surface area contributed by atoms with E-state index in [9.17, 15) is 19.8 Å². The molecule has 2 heterocycles. The first-order valence-corrected chi connectivity index (χ1v) is 12.4. The van der Waals surface area contributed by atoms with Crippen LogP contribution in [0.25, 0.3) is 0 Å². The fourth-order valence-corrected chi connectivity index (χ4v) is 4.91. The fraction of sp³-hybridized carbons (Fsp3) is 0.692. The van der Waals surface area contributed by atoms with Gasteiger partial charge in [0.2, 0.25) is 5.91 Å². The Morgan fingerprint density at radius 3 is 2.39 bits per heavy atom. The van der Waals surface area contributed by atoms with E-state index in [0.717, 1.165) is 32.5 Å². The minimum atomic E-state index is -1.15. The van der Waals surface area contributed by atoms with Gasteiger partial charge < -0.3 is 19.8 Å². The van der Waals surface area contributed by atoms with Gasteiger partial charge in [-0.2, -0.15) is 0 Å². The number of likely N-dealkylation sites (tertiary alicyclic amines) is 1. The number of aliphatic hydroxyl groups excluding tert-OH is 2. The van der Waals surface area contributed by atoms with Crippen LogP contribution in [-0.4, -0.2) is 76.9 Å². The van der Waals surface area contributed by atoms with Gasteiger partial charge in [0.15, 0.2) is 0 Å². The number of piperidine rings is 1. The number of rotatable bonds is 3. The molecule has 2 aliphatic heterocycles. The molecule has 2 atom stereocenters. The van der Waals surface area contributed by atoms with E-state index in [2.05, 4.69) is 17.0 Å². The highest BCUT2D eigenvalue weighted by Crippen LogP contribution is 2.38. The minimum absolute atomic E-state index is 0.0582. The zero-order valence-electron chi connectivity index (χ0n) is 20.1. The van der Waals surface area contributed by atoms with Crippen molar-refractivity contribution in [1.29, 1.82) is 0 Å². The SMILES string of the molecule is CC(C)C(=O)N1CCCCC2(CCN(Cc3ccccc3)CC2)C(=O)OC[C@@H](O)[C@@H](O)CC1. The number of hydrogen-bond donors (Lipinski definition) is 2. The predicted molar refractivity (Wildman–Crippen MR) is 126 cm³/mol. The highest BCUT2D eigenvalue weighted by atomic mass is 16.5. The van der Waals surface area contributed by atoms with E-state index >= 15 is 0 Å². The number of nitrogens with zero attached hydrogens (tertiary/aromatic N) is 2. The number of carbonyl (C=O) groups is 2. The number of aliphatic hydroxyl groups is 2. The van der Waals surface area contributed by atoms with Gasteiger partial charge in [-0.1, -0.05) is 50.6 Å².